The molecule has 2 unspecified atom stereocenters. The van der Waals surface area contributed by atoms with E-state index >= 15 is 0 Å². The number of ether oxygens (including phenoxy) is 2. The van der Waals surface area contributed by atoms with Gasteiger partial charge in [0.2, 0.25) is 5.70 Å². The SMILES string of the molecule is CCOC(=O)/C=C(\C(=O)OCC)[N+]12CC=CC1c1c(c3ccccc3n1S(=O)(=O)c1ccc(C)cc1)CC2.[Cl-]. The third kappa shape index (κ3) is 4.68. The Morgan fingerprint density at radius 1 is 1.05 bits per heavy atom. The lowest BCUT2D eigenvalue weighted by molar-refractivity contribution is -0.903. The number of fused-ring (bicyclic) bond motifs is 5. The van der Waals surface area contributed by atoms with Crippen molar-refractivity contribution < 1.29 is 44.4 Å². The molecule has 3 aromatic rings. The Balaban J connectivity index is 0.00000353. The fraction of sp³-hybridized carbons (Fsp3) is 0.310. The quantitative estimate of drug-likeness (QED) is 0.183. The zero-order valence-corrected chi connectivity index (χ0v) is 23.7. The topological polar surface area (TPSA) is 91.7 Å². The van der Waals surface area contributed by atoms with Crippen molar-refractivity contribution in [1.82, 2.24) is 3.97 Å². The molecule has 1 aromatic heterocycles. The molecule has 39 heavy (non-hydrogen) atoms. The molecule has 2 aliphatic heterocycles. The summed E-state index contributed by atoms with van der Waals surface area (Å²) in [5.41, 5.74) is 3.24. The van der Waals surface area contributed by atoms with E-state index in [0.29, 0.717) is 30.7 Å². The summed E-state index contributed by atoms with van der Waals surface area (Å²) in [7, 11) is -3.99. The molecule has 0 saturated heterocycles. The zero-order chi connectivity index (χ0) is 27.1. The molecule has 206 valence electrons. The molecule has 0 aliphatic carbocycles. The fourth-order valence-electron chi connectivity index (χ4n) is 5.69. The first-order valence-electron chi connectivity index (χ1n) is 12.8. The summed E-state index contributed by atoms with van der Waals surface area (Å²) in [6, 6.07) is 13.8. The number of para-hydroxylation sites is 1. The van der Waals surface area contributed by atoms with Crippen LogP contribution in [0.3, 0.4) is 0 Å². The van der Waals surface area contributed by atoms with Gasteiger partial charge in [0.25, 0.3) is 10.0 Å². The van der Waals surface area contributed by atoms with E-state index in [4.69, 9.17) is 9.47 Å². The minimum atomic E-state index is -3.99. The van der Waals surface area contributed by atoms with Crippen LogP contribution in [0, 0.1) is 6.92 Å². The number of quaternary nitrogens is 1. The van der Waals surface area contributed by atoms with E-state index in [-0.39, 0.29) is 40.7 Å². The fourth-order valence-corrected chi connectivity index (χ4v) is 7.28. The van der Waals surface area contributed by atoms with E-state index in [2.05, 4.69) is 0 Å². The summed E-state index contributed by atoms with van der Waals surface area (Å²) in [6.45, 7) is 6.54. The van der Waals surface area contributed by atoms with Crippen molar-refractivity contribution in [2.45, 2.75) is 38.1 Å². The molecule has 8 nitrogen and oxygen atoms in total. The van der Waals surface area contributed by atoms with Crippen molar-refractivity contribution >= 4 is 32.9 Å². The lowest BCUT2D eigenvalue weighted by Gasteiger charge is -2.43. The Hall–Kier alpha value is -3.40. The van der Waals surface area contributed by atoms with Gasteiger partial charge < -0.3 is 21.9 Å². The molecule has 5 rings (SSSR count). The third-order valence-corrected chi connectivity index (χ3v) is 9.11. The summed E-state index contributed by atoms with van der Waals surface area (Å²) < 4.78 is 40.4. The minimum Gasteiger partial charge on any atom is -1.00 e. The van der Waals surface area contributed by atoms with Crippen molar-refractivity contribution in [2.24, 2.45) is 0 Å². The van der Waals surface area contributed by atoms with Gasteiger partial charge in [0.05, 0.1) is 36.2 Å². The van der Waals surface area contributed by atoms with Crippen LogP contribution in [-0.4, -0.2) is 55.1 Å². The maximum Gasteiger partial charge on any atom is 0.393 e. The van der Waals surface area contributed by atoms with Gasteiger partial charge in [0.15, 0.2) is 6.04 Å². The van der Waals surface area contributed by atoms with E-state index in [9.17, 15) is 18.0 Å². The predicted molar refractivity (Wildman–Crippen MR) is 143 cm³/mol. The van der Waals surface area contributed by atoms with Crippen molar-refractivity contribution in [3.63, 3.8) is 0 Å². The first kappa shape index (κ1) is 28.6. The molecule has 0 fully saturated rings. The summed E-state index contributed by atoms with van der Waals surface area (Å²) in [6.07, 6.45) is 5.62. The van der Waals surface area contributed by atoms with E-state index in [1.54, 1.807) is 38.1 Å². The number of carbonyl (C=O) groups excluding carboxylic acids is 2. The number of benzene rings is 2. The van der Waals surface area contributed by atoms with Crippen LogP contribution in [0.1, 0.15) is 36.7 Å². The van der Waals surface area contributed by atoms with Crippen molar-refractivity contribution in [3.05, 3.63) is 89.3 Å². The van der Waals surface area contributed by atoms with E-state index in [1.165, 1.54) is 10.0 Å². The number of hydrogen-bond donors (Lipinski definition) is 0. The van der Waals surface area contributed by atoms with Gasteiger partial charge in [-0.1, -0.05) is 35.9 Å². The van der Waals surface area contributed by atoms with Crippen LogP contribution in [0.5, 0.6) is 0 Å². The second kappa shape index (κ2) is 11.0. The smallest absolute Gasteiger partial charge is 0.393 e. The number of nitrogens with zero attached hydrogens (tertiary/aromatic N) is 2. The summed E-state index contributed by atoms with van der Waals surface area (Å²) in [5, 5.41) is 0.864. The van der Waals surface area contributed by atoms with Crippen LogP contribution in [0.4, 0.5) is 0 Å². The number of aromatic nitrogens is 1. The molecule has 0 bridgehead atoms. The van der Waals surface area contributed by atoms with E-state index in [0.717, 1.165) is 16.5 Å². The Labute approximate surface area is 234 Å². The first-order valence-corrected chi connectivity index (χ1v) is 14.2. The lowest BCUT2D eigenvalue weighted by atomic mass is 9.95. The van der Waals surface area contributed by atoms with Crippen LogP contribution >= 0.6 is 0 Å². The highest BCUT2D eigenvalue weighted by Gasteiger charge is 2.53. The molecule has 10 heteroatoms. The molecule has 2 aliphatic rings. The van der Waals surface area contributed by atoms with Crippen LogP contribution in [0.25, 0.3) is 10.9 Å². The maximum absolute atomic E-state index is 14.2. The van der Waals surface area contributed by atoms with Crippen LogP contribution in [0.2, 0.25) is 0 Å². The van der Waals surface area contributed by atoms with Crippen molar-refractivity contribution in [3.8, 4) is 0 Å². The van der Waals surface area contributed by atoms with Crippen LogP contribution in [-0.2, 0) is 35.5 Å². The largest absolute Gasteiger partial charge is 1.00 e. The summed E-state index contributed by atoms with van der Waals surface area (Å²) in [4.78, 5) is 26.0. The van der Waals surface area contributed by atoms with Gasteiger partial charge in [-0.3, -0.25) is 4.48 Å². The second-order valence-electron chi connectivity index (χ2n) is 9.53. The zero-order valence-electron chi connectivity index (χ0n) is 22.1. The van der Waals surface area contributed by atoms with Crippen molar-refractivity contribution in [2.75, 3.05) is 26.3 Å². The molecule has 0 saturated carbocycles. The highest BCUT2D eigenvalue weighted by atomic mass is 35.5. The third-order valence-electron chi connectivity index (χ3n) is 7.36. The average Bonchev–Trinajstić information content (AvgIpc) is 3.48. The Morgan fingerprint density at radius 3 is 2.44 bits per heavy atom. The molecule has 0 spiro atoms. The lowest BCUT2D eigenvalue weighted by Crippen LogP contribution is -3.00. The number of carbonyl (C=O) groups is 2. The Morgan fingerprint density at radius 2 is 1.74 bits per heavy atom. The molecule has 2 atom stereocenters. The second-order valence-corrected chi connectivity index (χ2v) is 11.3. The molecular weight excluding hydrogens is 540 g/mol. The predicted octanol–water partition coefficient (Wildman–Crippen LogP) is 1.18. The number of halogens is 1. The van der Waals surface area contributed by atoms with Gasteiger partial charge in [-0.15, -0.1) is 0 Å². The van der Waals surface area contributed by atoms with Gasteiger partial charge in [0, 0.05) is 11.8 Å². The Kier molecular flexibility index (Phi) is 8.07. The Bertz CT molecular complexity index is 1590. The number of aryl methyl sites for hydroxylation is 1. The molecule has 0 N–H and O–H groups in total. The number of hydrogen-bond acceptors (Lipinski definition) is 6. The monoisotopic (exact) mass is 570 g/mol. The standard InChI is InChI=1S/C29H31N2O6S.ClH/c1-4-36-27(32)19-26(29(33)37-5-2)31-17-8-11-25(31)28-23(16-18-31)22-9-6-7-10-24(22)30(28)38(34,35)21-14-12-20(3)13-15-21;/h6-15,19,25H,4-5,16-18H2,1-3H3;1H/q+1;/p-1/b26-19+;. The van der Waals surface area contributed by atoms with Gasteiger partial charge >= 0.3 is 11.9 Å². The van der Waals surface area contributed by atoms with Gasteiger partial charge in [0.1, 0.15) is 12.2 Å². The van der Waals surface area contributed by atoms with Crippen LogP contribution in [0.15, 0.2) is 77.4 Å². The number of esters is 2. The highest BCUT2D eigenvalue weighted by Crippen LogP contribution is 2.48. The molecule has 3 heterocycles. The van der Waals surface area contributed by atoms with E-state index in [1.807, 2.05) is 43.3 Å². The minimum absolute atomic E-state index is 0. The van der Waals surface area contributed by atoms with Gasteiger partial charge in [-0.25, -0.2) is 22.0 Å². The van der Waals surface area contributed by atoms with Crippen molar-refractivity contribution in [1.29, 1.82) is 0 Å². The average molecular weight is 571 g/mol. The highest BCUT2D eigenvalue weighted by molar-refractivity contribution is 7.90. The molecule has 0 radical (unpaired) electrons. The first-order chi connectivity index (χ1) is 18.2. The molecule has 0 amide bonds. The van der Waals surface area contributed by atoms with E-state index < -0.39 is 28.0 Å². The molecular formula is C29H31ClN2O6S. The summed E-state index contributed by atoms with van der Waals surface area (Å²) >= 11 is 0. The number of rotatable bonds is 7. The van der Waals surface area contributed by atoms with Crippen LogP contribution < -0.4 is 12.4 Å². The van der Waals surface area contributed by atoms with Gasteiger partial charge in [-0.2, -0.15) is 0 Å². The summed E-state index contributed by atoms with van der Waals surface area (Å²) in [5.74, 6) is -1.24. The normalized spacial score (nSPS) is 20.2. The molecule has 2 aromatic carbocycles. The van der Waals surface area contributed by atoms with Gasteiger partial charge in [-0.05, 0) is 56.7 Å². The maximum atomic E-state index is 14.2.